The van der Waals surface area contributed by atoms with Gasteiger partial charge >= 0.3 is 0 Å². The molecule has 0 spiro atoms. The van der Waals surface area contributed by atoms with E-state index in [4.69, 9.17) is 10.5 Å². The fourth-order valence-electron chi connectivity index (χ4n) is 2.24. The van der Waals surface area contributed by atoms with Crippen LogP contribution < -0.4 is 5.73 Å². The van der Waals surface area contributed by atoms with Crippen molar-refractivity contribution in [3.8, 4) is 0 Å². The van der Waals surface area contributed by atoms with Crippen LogP contribution in [0.5, 0.6) is 0 Å². The van der Waals surface area contributed by atoms with E-state index in [2.05, 4.69) is 48.0 Å². The fraction of sp³-hybridized carbons (Fsp3) is 0.600. The topological polar surface area (TPSA) is 35.2 Å². The SMILES string of the molecule is CCC(N)Cc1ccc(SC2CCOC2C)cc1Br. The van der Waals surface area contributed by atoms with E-state index < -0.39 is 0 Å². The fourth-order valence-corrected chi connectivity index (χ4v) is 4.09. The molecule has 106 valence electrons. The summed E-state index contributed by atoms with van der Waals surface area (Å²) in [6.07, 6.45) is 3.45. The summed E-state index contributed by atoms with van der Waals surface area (Å²) in [5.41, 5.74) is 7.32. The minimum atomic E-state index is 0.248. The molecule has 1 aliphatic rings. The summed E-state index contributed by atoms with van der Waals surface area (Å²) in [6.45, 7) is 5.18. The van der Waals surface area contributed by atoms with E-state index in [1.165, 1.54) is 14.9 Å². The molecule has 0 radical (unpaired) electrons. The van der Waals surface area contributed by atoms with Gasteiger partial charge in [-0.3, -0.25) is 0 Å². The Labute approximate surface area is 128 Å². The Morgan fingerprint density at radius 1 is 1.53 bits per heavy atom. The zero-order valence-electron chi connectivity index (χ0n) is 11.6. The van der Waals surface area contributed by atoms with Gasteiger partial charge in [0.25, 0.3) is 0 Å². The van der Waals surface area contributed by atoms with Crippen LogP contribution >= 0.6 is 27.7 Å². The van der Waals surface area contributed by atoms with Crippen molar-refractivity contribution in [1.82, 2.24) is 0 Å². The molecule has 1 saturated heterocycles. The third kappa shape index (κ3) is 4.22. The third-order valence-corrected chi connectivity index (χ3v) is 5.81. The van der Waals surface area contributed by atoms with Crippen LogP contribution in [0, 0.1) is 0 Å². The molecule has 0 bridgehead atoms. The summed E-state index contributed by atoms with van der Waals surface area (Å²) in [4.78, 5) is 1.31. The normalized spacial score (nSPS) is 24.6. The van der Waals surface area contributed by atoms with Crippen LogP contribution in [-0.2, 0) is 11.2 Å². The Balaban J connectivity index is 2.02. The number of thioether (sulfide) groups is 1. The molecular formula is C15H22BrNOS. The molecule has 1 aromatic rings. The van der Waals surface area contributed by atoms with Gasteiger partial charge in [0.1, 0.15) is 0 Å². The molecule has 1 heterocycles. The van der Waals surface area contributed by atoms with E-state index in [1.807, 2.05) is 11.8 Å². The predicted octanol–water partition coefficient (Wildman–Crippen LogP) is 4.00. The highest BCUT2D eigenvalue weighted by molar-refractivity contribution is 9.10. The molecular weight excluding hydrogens is 322 g/mol. The van der Waals surface area contributed by atoms with Gasteiger partial charge in [-0.15, -0.1) is 11.8 Å². The molecule has 1 aromatic carbocycles. The Bertz CT molecular complexity index is 427. The van der Waals surface area contributed by atoms with Crippen molar-refractivity contribution < 1.29 is 4.74 Å². The van der Waals surface area contributed by atoms with Crippen molar-refractivity contribution in [2.45, 2.75) is 55.4 Å². The first-order valence-corrected chi connectivity index (χ1v) is 8.59. The molecule has 1 aliphatic heterocycles. The van der Waals surface area contributed by atoms with Crippen LogP contribution in [0.3, 0.4) is 0 Å². The largest absolute Gasteiger partial charge is 0.377 e. The second-order valence-corrected chi connectivity index (χ2v) is 7.31. The smallest absolute Gasteiger partial charge is 0.0669 e. The Morgan fingerprint density at radius 2 is 2.32 bits per heavy atom. The first kappa shape index (κ1) is 15.4. The second-order valence-electron chi connectivity index (χ2n) is 5.15. The lowest BCUT2D eigenvalue weighted by atomic mass is 10.1. The minimum Gasteiger partial charge on any atom is -0.377 e. The molecule has 4 heteroatoms. The zero-order valence-corrected chi connectivity index (χ0v) is 14.0. The lowest BCUT2D eigenvalue weighted by molar-refractivity contribution is 0.127. The van der Waals surface area contributed by atoms with Crippen molar-refractivity contribution in [1.29, 1.82) is 0 Å². The van der Waals surface area contributed by atoms with E-state index in [-0.39, 0.29) is 6.04 Å². The highest BCUT2D eigenvalue weighted by Crippen LogP contribution is 2.34. The van der Waals surface area contributed by atoms with Crippen LogP contribution in [0.15, 0.2) is 27.6 Å². The molecule has 2 rings (SSSR count). The van der Waals surface area contributed by atoms with Crippen molar-refractivity contribution in [2.75, 3.05) is 6.61 Å². The Kier molecular flexibility index (Phi) is 5.75. The van der Waals surface area contributed by atoms with Crippen LogP contribution in [-0.4, -0.2) is 24.0 Å². The summed E-state index contributed by atoms with van der Waals surface area (Å²) >= 11 is 5.59. The summed E-state index contributed by atoms with van der Waals surface area (Å²) in [5.74, 6) is 0. The Hall–Kier alpha value is -0.0300. The lowest BCUT2D eigenvalue weighted by Crippen LogP contribution is -2.21. The number of nitrogens with two attached hydrogens (primary N) is 1. The van der Waals surface area contributed by atoms with Gasteiger partial charge in [0.15, 0.2) is 0 Å². The Morgan fingerprint density at radius 3 is 2.89 bits per heavy atom. The maximum Gasteiger partial charge on any atom is 0.0669 e. The molecule has 0 aromatic heterocycles. The van der Waals surface area contributed by atoms with Crippen LogP contribution in [0.1, 0.15) is 32.3 Å². The van der Waals surface area contributed by atoms with Crippen molar-refractivity contribution in [3.05, 3.63) is 28.2 Å². The predicted molar refractivity (Wildman–Crippen MR) is 85.8 cm³/mol. The van der Waals surface area contributed by atoms with Gasteiger partial charge in [-0.1, -0.05) is 28.9 Å². The molecule has 1 fully saturated rings. The lowest BCUT2D eigenvalue weighted by Gasteiger charge is -2.15. The average molecular weight is 344 g/mol. The highest BCUT2D eigenvalue weighted by Gasteiger charge is 2.25. The number of hydrogen-bond donors (Lipinski definition) is 1. The van der Waals surface area contributed by atoms with Crippen molar-refractivity contribution in [2.24, 2.45) is 5.73 Å². The van der Waals surface area contributed by atoms with Crippen LogP contribution in [0.25, 0.3) is 0 Å². The van der Waals surface area contributed by atoms with E-state index in [0.29, 0.717) is 11.4 Å². The summed E-state index contributed by atoms with van der Waals surface area (Å²) in [6, 6.07) is 6.87. The van der Waals surface area contributed by atoms with Gasteiger partial charge in [-0.05, 0) is 43.9 Å². The molecule has 2 nitrogen and oxygen atoms in total. The highest BCUT2D eigenvalue weighted by atomic mass is 79.9. The van der Waals surface area contributed by atoms with Gasteiger partial charge in [0.05, 0.1) is 6.10 Å². The standard InChI is InChI=1S/C15H22BrNOS/c1-3-12(17)8-11-4-5-13(9-14(11)16)19-15-6-7-18-10(15)2/h4-5,9-10,12,15H,3,6-8,17H2,1-2H3. The maximum atomic E-state index is 6.02. The van der Waals surface area contributed by atoms with Crippen LogP contribution in [0.2, 0.25) is 0 Å². The van der Waals surface area contributed by atoms with Gasteiger partial charge < -0.3 is 10.5 Å². The van der Waals surface area contributed by atoms with Gasteiger partial charge in [0.2, 0.25) is 0 Å². The summed E-state index contributed by atoms with van der Waals surface area (Å²) in [7, 11) is 0. The average Bonchev–Trinajstić information content (AvgIpc) is 2.78. The molecule has 0 aliphatic carbocycles. The second kappa shape index (κ2) is 7.11. The molecule has 0 amide bonds. The number of benzene rings is 1. The van der Waals surface area contributed by atoms with Gasteiger partial charge in [-0.2, -0.15) is 0 Å². The minimum absolute atomic E-state index is 0.248. The maximum absolute atomic E-state index is 6.02. The molecule has 3 unspecified atom stereocenters. The van der Waals surface area contributed by atoms with Crippen molar-refractivity contribution in [3.63, 3.8) is 0 Å². The number of halogens is 1. The monoisotopic (exact) mass is 343 g/mol. The van der Waals surface area contributed by atoms with Crippen LogP contribution in [0.4, 0.5) is 0 Å². The van der Waals surface area contributed by atoms with Gasteiger partial charge in [0, 0.05) is 27.3 Å². The quantitative estimate of drug-likeness (QED) is 0.877. The number of ether oxygens (including phenoxy) is 1. The van der Waals surface area contributed by atoms with E-state index in [9.17, 15) is 0 Å². The van der Waals surface area contributed by atoms with E-state index in [1.54, 1.807) is 0 Å². The first-order chi connectivity index (χ1) is 9.10. The molecule has 0 saturated carbocycles. The zero-order chi connectivity index (χ0) is 13.8. The van der Waals surface area contributed by atoms with E-state index >= 15 is 0 Å². The summed E-state index contributed by atoms with van der Waals surface area (Å²) < 4.78 is 6.78. The molecule has 3 atom stereocenters. The molecule has 2 N–H and O–H groups in total. The van der Waals surface area contributed by atoms with E-state index in [0.717, 1.165) is 25.9 Å². The summed E-state index contributed by atoms with van der Waals surface area (Å²) in [5, 5.41) is 0.579. The number of hydrogen-bond acceptors (Lipinski definition) is 3. The van der Waals surface area contributed by atoms with Crippen molar-refractivity contribution >= 4 is 27.7 Å². The number of rotatable bonds is 5. The molecule has 19 heavy (non-hydrogen) atoms. The van der Waals surface area contributed by atoms with Gasteiger partial charge in [-0.25, -0.2) is 0 Å². The first-order valence-electron chi connectivity index (χ1n) is 6.92. The third-order valence-electron chi connectivity index (χ3n) is 3.63.